The van der Waals surface area contributed by atoms with Gasteiger partial charge in [0, 0.05) is 12.1 Å². The van der Waals surface area contributed by atoms with E-state index >= 15 is 0 Å². The topological polar surface area (TPSA) is 29.1 Å². The lowest BCUT2D eigenvalue weighted by Crippen LogP contribution is -2.24. The Morgan fingerprint density at radius 3 is 2.60 bits per heavy atom. The minimum Gasteiger partial charge on any atom is -0.352 e. The van der Waals surface area contributed by atoms with E-state index in [9.17, 15) is 9.18 Å². The highest BCUT2D eigenvalue weighted by Crippen LogP contribution is 2.06. The Bertz CT molecular complexity index is 578. The molecule has 0 radical (unpaired) electrons. The van der Waals surface area contributed by atoms with Gasteiger partial charge < -0.3 is 5.32 Å². The lowest BCUT2D eigenvalue weighted by molar-refractivity contribution is 0.0953. The van der Waals surface area contributed by atoms with Crippen molar-refractivity contribution in [3.63, 3.8) is 0 Å². The Kier molecular flexibility index (Phi) is 4.88. The van der Waals surface area contributed by atoms with Gasteiger partial charge in [-0.1, -0.05) is 29.8 Å². The summed E-state index contributed by atoms with van der Waals surface area (Å²) in [5.74, 6) is -0.269. The van der Waals surface area contributed by atoms with Crippen LogP contribution in [-0.2, 0) is 6.42 Å². The summed E-state index contributed by atoms with van der Waals surface area (Å²) in [7, 11) is 0. The van der Waals surface area contributed by atoms with Crippen molar-refractivity contribution in [3.8, 4) is 0 Å². The average molecular weight is 271 g/mol. The van der Waals surface area contributed by atoms with Crippen LogP contribution in [0.4, 0.5) is 4.39 Å². The van der Waals surface area contributed by atoms with Crippen LogP contribution in [0, 0.1) is 12.7 Å². The molecule has 0 fully saturated rings. The molecule has 0 aliphatic heterocycles. The van der Waals surface area contributed by atoms with Gasteiger partial charge in [-0.2, -0.15) is 0 Å². The zero-order valence-electron chi connectivity index (χ0n) is 11.5. The summed E-state index contributed by atoms with van der Waals surface area (Å²) in [6, 6.07) is 14.0. The van der Waals surface area contributed by atoms with Crippen LogP contribution in [0.5, 0.6) is 0 Å². The SMILES string of the molecule is Cc1cccc(C(=O)NCCCc2ccc(F)cc2)c1. The maximum absolute atomic E-state index is 12.7. The largest absolute Gasteiger partial charge is 0.352 e. The number of carbonyl (C=O) groups excluding carboxylic acids is 1. The van der Waals surface area contributed by atoms with Crippen molar-refractivity contribution in [1.82, 2.24) is 5.32 Å². The first-order valence-corrected chi connectivity index (χ1v) is 6.74. The second-order valence-electron chi connectivity index (χ2n) is 4.86. The van der Waals surface area contributed by atoms with E-state index in [1.54, 1.807) is 12.1 Å². The van der Waals surface area contributed by atoms with Crippen molar-refractivity contribution in [1.29, 1.82) is 0 Å². The van der Waals surface area contributed by atoms with E-state index < -0.39 is 0 Å². The molecule has 0 spiro atoms. The van der Waals surface area contributed by atoms with Crippen LogP contribution in [0.25, 0.3) is 0 Å². The Morgan fingerprint density at radius 1 is 1.15 bits per heavy atom. The van der Waals surface area contributed by atoms with Crippen LogP contribution >= 0.6 is 0 Å². The fourth-order valence-electron chi connectivity index (χ4n) is 2.03. The molecule has 0 aliphatic carbocycles. The van der Waals surface area contributed by atoms with Crippen LogP contribution in [0.2, 0.25) is 0 Å². The zero-order chi connectivity index (χ0) is 14.4. The third kappa shape index (κ3) is 4.19. The number of benzene rings is 2. The standard InChI is InChI=1S/C17H18FNO/c1-13-4-2-6-15(12-13)17(20)19-11-3-5-14-7-9-16(18)10-8-14/h2,4,6-10,12H,3,5,11H2,1H3,(H,19,20). The molecule has 0 unspecified atom stereocenters. The molecule has 0 saturated heterocycles. The summed E-state index contributed by atoms with van der Waals surface area (Å²) >= 11 is 0. The monoisotopic (exact) mass is 271 g/mol. The highest BCUT2D eigenvalue weighted by atomic mass is 19.1. The molecule has 2 aromatic rings. The fraction of sp³-hybridized carbons (Fsp3) is 0.235. The van der Waals surface area contributed by atoms with Crippen LogP contribution in [-0.4, -0.2) is 12.5 Å². The predicted molar refractivity (Wildman–Crippen MR) is 78.2 cm³/mol. The van der Waals surface area contributed by atoms with E-state index in [0.717, 1.165) is 24.0 Å². The third-order valence-corrected chi connectivity index (χ3v) is 3.12. The Morgan fingerprint density at radius 2 is 1.90 bits per heavy atom. The molecule has 3 heteroatoms. The molecule has 2 rings (SSSR count). The maximum Gasteiger partial charge on any atom is 0.251 e. The van der Waals surface area contributed by atoms with Crippen LogP contribution < -0.4 is 5.32 Å². The first-order valence-electron chi connectivity index (χ1n) is 6.74. The minimum atomic E-state index is -0.221. The molecule has 0 saturated carbocycles. The van der Waals surface area contributed by atoms with Crippen molar-refractivity contribution >= 4 is 5.91 Å². The van der Waals surface area contributed by atoms with E-state index in [1.807, 2.05) is 31.2 Å². The van der Waals surface area contributed by atoms with Crippen LogP contribution in [0.3, 0.4) is 0 Å². The molecular formula is C17H18FNO. The van der Waals surface area contributed by atoms with Gasteiger partial charge in [0.2, 0.25) is 0 Å². The van der Waals surface area contributed by atoms with Gasteiger partial charge in [-0.3, -0.25) is 4.79 Å². The van der Waals surface area contributed by atoms with Crippen molar-refractivity contribution in [3.05, 3.63) is 71.0 Å². The number of aryl methyl sites for hydroxylation is 2. The normalized spacial score (nSPS) is 10.3. The minimum absolute atomic E-state index is 0.0483. The Labute approximate surface area is 118 Å². The van der Waals surface area contributed by atoms with Gasteiger partial charge in [-0.05, 0) is 49.6 Å². The average Bonchev–Trinajstić information content (AvgIpc) is 2.45. The number of hydrogen-bond acceptors (Lipinski definition) is 1. The van der Waals surface area contributed by atoms with Crippen molar-refractivity contribution in [2.45, 2.75) is 19.8 Å². The molecule has 20 heavy (non-hydrogen) atoms. The van der Waals surface area contributed by atoms with E-state index in [-0.39, 0.29) is 11.7 Å². The lowest BCUT2D eigenvalue weighted by atomic mass is 10.1. The number of hydrogen-bond donors (Lipinski definition) is 1. The summed E-state index contributed by atoms with van der Waals surface area (Å²) in [5, 5.41) is 2.89. The first kappa shape index (κ1) is 14.3. The number of carbonyl (C=O) groups is 1. The van der Waals surface area contributed by atoms with E-state index in [4.69, 9.17) is 0 Å². The van der Waals surface area contributed by atoms with Gasteiger partial charge in [-0.25, -0.2) is 4.39 Å². The molecule has 0 aliphatic rings. The molecule has 1 N–H and O–H groups in total. The fourth-order valence-corrected chi connectivity index (χ4v) is 2.03. The number of halogens is 1. The summed E-state index contributed by atoms with van der Waals surface area (Å²) < 4.78 is 12.7. The van der Waals surface area contributed by atoms with Gasteiger partial charge in [0.1, 0.15) is 5.82 Å². The second kappa shape index (κ2) is 6.85. The molecule has 2 aromatic carbocycles. The summed E-state index contributed by atoms with van der Waals surface area (Å²) in [4.78, 5) is 11.9. The van der Waals surface area contributed by atoms with Gasteiger partial charge in [0.15, 0.2) is 0 Å². The first-order chi connectivity index (χ1) is 9.65. The van der Waals surface area contributed by atoms with Crippen molar-refractivity contribution in [2.75, 3.05) is 6.54 Å². The van der Waals surface area contributed by atoms with Gasteiger partial charge in [0.05, 0.1) is 0 Å². The van der Waals surface area contributed by atoms with Crippen molar-refractivity contribution < 1.29 is 9.18 Å². The Hall–Kier alpha value is -2.16. The number of rotatable bonds is 5. The number of amides is 1. The van der Waals surface area contributed by atoms with E-state index in [0.29, 0.717) is 12.1 Å². The number of nitrogens with one attached hydrogen (secondary N) is 1. The van der Waals surface area contributed by atoms with Gasteiger partial charge in [0.25, 0.3) is 5.91 Å². The lowest BCUT2D eigenvalue weighted by Gasteiger charge is -2.06. The molecule has 0 heterocycles. The Balaban J connectivity index is 1.76. The molecule has 1 amide bonds. The van der Waals surface area contributed by atoms with Crippen LogP contribution in [0.15, 0.2) is 48.5 Å². The molecule has 2 nitrogen and oxygen atoms in total. The summed E-state index contributed by atoms with van der Waals surface area (Å²) in [5.41, 5.74) is 2.84. The maximum atomic E-state index is 12.7. The van der Waals surface area contributed by atoms with Crippen molar-refractivity contribution in [2.24, 2.45) is 0 Å². The zero-order valence-corrected chi connectivity index (χ0v) is 11.5. The smallest absolute Gasteiger partial charge is 0.251 e. The molecule has 0 bridgehead atoms. The van der Waals surface area contributed by atoms with Gasteiger partial charge in [-0.15, -0.1) is 0 Å². The predicted octanol–water partition coefficient (Wildman–Crippen LogP) is 3.50. The summed E-state index contributed by atoms with van der Waals surface area (Å²) in [6.45, 7) is 2.58. The molecule has 0 aromatic heterocycles. The van der Waals surface area contributed by atoms with E-state index in [1.165, 1.54) is 12.1 Å². The quantitative estimate of drug-likeness (QED) is 0.829. The van der Waals surface area contributed by atoms with Crippen LogP contribution in [0.1, 0.15) is 27.9 Å². The highest BCUT2D eigenvalue weighted by molar-refractivity contribution is 5.94. The molecule has 104 valence electrons. The van der Waals surface area contributed by atoms with E-state index in [2.05, 4.69) is 5.32 Å². The van der Waals surface area contributed by atoms with Gasteiger partial charge >= 0.3 is 0 Å². The molecular weight excluding hydrogens is 253 g/mol. The molecule has 0 atom stereocenters. The third-order valence-electron chi connectivity index (χ3n) is 3.12. The second-order valence-corrected chi connectivity index (χ2v) is 4.86. The highest BCUT2D eigenvalue weighted by Gasteiger charge is 2.04. The summed E-state index contributed by atoms with van der Waals surface area (Å²) in [6.07, 6.45) is 1.66.